The number of rotatable bonds is 2. The summed E-state index contributed by atoms with van der Waals surface area (Å²) in [4.78, 5) is 22.3. The van der Waals surface area contributed by atoms with Crippen LogP contribution < -0.4 is 4.90 Å². The molecule has 130 valence electrons. The van der Waals surface area contributed by atoms with Crippen molar-refractivity contribution in [1.82, 2.24) is 19.5 Å². The second-order valence-electron chi connectivity index (χ2n) is 8.12. The number of anilines is 1. The average molecular weight is 347 g/mol. The van der Waals surface area contributed by atoms with E-state index in [0.29, 0.717) is 11.8 Å². The Balaban J connectivity index is 1.43. The second-order valence-corrected chi connectivity index (χ2v) is 9.05. The number of nitrogens with zero attached hydrogens (tertiary/aromatic N) is 5. The molecular formula is C17H25N5OS. The summed E-state index contributed by atoms with van der Waals surface area (Å²) in [5.41, 5.74) is 1.11. The SMILES string of the molecule is C[C@@H]1C[C@H]1C(=O)N1CCN(c2nn3cc(C(C)(C)C)nc3s2)CC1. The fraction of sp³-hybridized carbons (Fsp3) is 0.706. The Kier molecular flexibility index (Phi) is 3.60. The van der Waals surface area contributed by atoms with Crippen LogP contribution in [0.4, 0.5) is 5.13 Å². The molecule has 2 aliphatic rings. The van der Waals surface area contributed by atoms with Gasteiger partial charge in [-0.25, -0.2) is 9.50 Å². The van der Waals surface area contributed by atoms with E-state index in [0.717, 1.165) is 48.4 Å². The third-order valence-corrected chi connectivity index (χ3v) is 6.07. The molecule has 1 aliphatic carbocycles. The number of fused-ring (bicyclic) bond motifs is 1. The first-order valence-electron chi connectivity index (χ1n) is 8.73. The molecule has 0 radical (unpaired) electrons. The molecule has 0 bridgehead atoms. The van der Waals surface area contributed by atoms with Crippen molar-refractivity contribution in [2.45, 2.75) is 39.5 Å². The molecule has 1 saturated heterocycles. The maximum atomic E-state index is 12.3. The van der Waals surface area contributed by atoms with Crippen molar-refractivity contribution in [2.75, 3.05) is 31.1 Å². The van der Waals surface area contributed by atoms with Gasteiger partial charge in [0.2, 0.25) is 16.0 Å². The molecule has 2 atom stereocenters. The van der Waals surface area contributed by atoms with Crippen LogP contribution in [0.5, 0.6) is 0 Å². The molecule has 1 saturated carbocycles. The van der Waals surface area contributed by atoms with Crippen molar-refractivity contribution >= 4 is 27.3 Å². The molecule has 0 aromatic carbocycles. The first-order chi connectivity index (χ1) is 11.3. The molecule has 0 unspecified atom stereocenters. The number of carbonyl (C=O) groups is 1. The third-order valence-electron chi connectivity index (χ3n) is 5.09. The Morgan fingerprint density at radius 2 is 1.92 bits per heavy atom. The topological polar surface area (TPSA) is 53.7 Å². The zero-order chi connectivity index (χ0) is 17.1. The summed E-state index contributed by atoms with van der Waals surface area (Å²) in [6.45, 7) is 12.0. The highest BCUT2D eigenvalue weighted by Crippen LogP contribution is 2.39. The Bertz CT molecular complexity index is 734. The quantitative estimate of drug-likeness (QED) is 0.837. The molecule has 2 fully saturated rings. The summed E-state index contributed by atoms with van der Waals surface area (Å²) in [6, 6.07) is 0. The van der Waals surface area contributed by atoms with Gasteiger partial charge in [-0.1, -0.05) is 39.0 Å². The number of piperazine rings is 1. The fourth-order valence-electron chi connectivity index (χ4n) is 3.20. The molecule has 1 aliphatic heterocycles. The Hall–Kier alpha value is -1.63. The van der Waals surface area contributed by atoms with Gasteiger partial charge in [-0.05, 0) is 12.3 Å². The molecule has 3 heterocycles. The summed E-state index contributed by atoms with van der Waals surface area (Å²) in [5.74, 6) is 1.22. The van der Waals surface area contributed by atoms with E-state index in [1.54, 1.807) is 11.3 Å². The molecule has 4 rings (SSSR count). The Morgan fingerprint density at radius 1 is 1.25 bits per heavy atom. The lowest BCUT2D eigenvalue weighted by atomic mass is 9.93. The lowest BCUT2D eigenvalue weighted by Crippen LogP contribution is -2.49. The molecular weight excluding hydrogens is 322 g/mol. The van der Waals surface area contributed by atoms with Crippen LogP contribution in [0.15, 0.2) is 6.20 Å². The first-order valence-corrected chi connectivity index (χ1v) is 9.55. The number of carbonyl (C=O) groups excluding carboxylic acids is 1. The van der Waals surface area contributed by atoms with Crippen molar-refractivity contribution in [3.05, 3.63) is 11.9 Å². The van der Waals surface area contributed by atoms with E-state index in [1.807, 2.05) is 15.6 Å². The molecule has 7 heteroatoms. The highest BCUT2D eigenvalue weighted by molar-refractivity contribution is 7.20. The third kappa shape index (κ3) is 2.79. The minimum absolute atomic E-state index is 0.0412. The number of imidazole rings is 1. The molecule has 2 aromatic rings. The minimum Gasteiger partial charge on any atom is -0.343 e. The van der Waals surface area contributed by atoms with Crippen LogP contribution in [0.3, 0.4) is 0 Å². The van der Waals surface area contributed by atoms with Crippen LogP contribution in [0.25, 0.3) is 4.96 Å². The molecule has 24 heavy (non-hydrogen) atoms. The van der Waals surface area contributed by atoms with Crippen LogP contribution >= 0.6 is 11.3 Å². The monoisotopic (exact) mass is 347 g/mol. The maximum Gasteiger partial charge on any atom is 0.226 e. The molecule has 6 nitrogen and oxygen atoms in total. The summed E-state index contributed by atoms with van der Waals surface area (Å²) in [6.07, 6.45) is 3.10. The molecule has 0 spiro atoms. The van der Waals surface area contributed by atoms with Gasteiger partial charge in [-0.2, -0.15) is 0 Å². The van der Waals surface area contributed by atoms with Crippen LogP contribution in [0.1, 0.15) is 39.8 Å². The van der Waals surface area contributed by atoms with E-state index in [2.05, 4.69) is 32.6 Å². The van der Waals surface area contributed by atoms with Crippen molar-refractivity contribution in [3.63, 3.8) is 0 Å². The smallest absolute Gasteiger partial charge is 0.226 e. The lowest BCUT2D eigenvalue weighted by Gasteiger charge is -2.34. The predicted octanol–water partition coefficient (Wildman–Crippen LogP) is 2.39. The van der Waals surface area contributed by atoms with Crippen LogP contribution in [0, 0.1) is 11.8 Å². The van der Waals surface area contributed by atoms with E-state index in [9.17, 15) is 4.79 Å². The Labute approximate surface area is 146 Å². The molecule has 0 N–H and O–H groups in total. The van der Waals surface area contributed by atoms with E-state index < -0.39 is 0 Å². The van der Waals surface area contributed by atoms with Gasteiger partial charge in [-0.15, -0.1) is 5.10 Å². The summed E-state index contributed by atoms with van der Waals surface area (Å²) >= 11 is 1.63. The van der Waals surface area contributed by atoms with Gasteiger partial charge in [0, 0.05) is 37.5 Å². The van der Waals surface area contributed by atoms with Crippen LogP contribution in [0.2, 0.25) is 0 Å². The van der Waals surface area contributed by atoms with Crippen molar-refractivity contribution < 1.29 is 4.79 Å². The van der Waals surface area contributed by atoms with E-state index in [1.165, 1.54) is 0 Å². The predicted molar refractivity (Wildman–Crippen MR) is 95.6 cm³/mol. The highest BCUT2D eigenvalue weighted by Gasteiger charge is 2.42. The fourth-order valence-corrected chi connectivity index (χ4v) is 4.13. The van der Waals surface area contributed by atoms with Crippen LogP contribution in [-0.2, 0) is 10.2 Å². The largest absolute Gasteiger partial charge is 0.343 e. The van der Waals surface area contributed by atoms with Gasteiger partial charge in [0.15, 0.2) is 0 Å². The van der Waals surface area contributed by atoms with Crippen LogP contribution in [-0.4, -0.2) is 51.6 Å². The highest BCUT2D eigenvalue weighted by atomic mass is 32.1. The van der Waals surface area contributed by atoms with E-state index >= 15 is 0 Å². The number of hydrogen-bond acceptors (Lipinski definition) is 5. The Morgan fingerprint density at radius 3 is 2.46 bits per heavy atom. The van der Waals surface area contributed by atoms with E-state index in [-0.39, 0.29) is 11.3 Å². The summed E-state index contributed by atoms with van der Waals surface area (Å²) in [7, 11) is 0. The van der Waals surface area contributed by atoms with Gasteiger partial charge in [-0.3, -0.25) is 4.79 Å². The second kappa shape index (κ2) is 5.44. The van der Waals surface area contributed by atoms with Crippen molar-refractivity contribution in [3.8, 4) is 0 Å². The van der Waals surface area contributed by atoms with Gasteiger partial charge >= 0.3 is 0 Å². The standard InChI is InChI=1S/C17H25N5OS/c1-11-9-12(11)14(23)20-5-7-21(8-6-20)16-19-22-10-13(17(2,3)4)18-15(22)24-16/h10-12H,5-9H2,1-4H3/t11-,12-/m1/s1. The number of aromatic nitrogens is 3. The first kappa shape index (κ1) is 15.9. The average Bonchev–Trinajstić information content (AvgIpc) is 2.94. The van der Waals surface area contributed by atoms with Gasteiger partial charge < -0.3 is 9.80 Å². The van der Waals surface area contributed by atoms with Gasteiger partial charge in [0.25, 0.3) is 0 Å². The zero-order valence-electron chi connectivity index (χ0n) is 14.8. The molecule has 1 amide bonds. The van der Waals surface area contributed by atoms with Gasteiger partial charge in [0.1, 0.15) is 0 Å². The summed E-state index contributed by atoms with van der Waals surface area (Å²) in [5, 5.41) is 5.70. The van der Waals surface area contributed by atoms with Crippen molar-refractivity contribution in [2.24, 2.45) is 11.8 Å². The van der Waals surface area contributed by atoms with Gasteiger partial charge in [0.05, 0.1) is 11.9 Å². The molecule has 2 aromatic heterocycles. The lowest BCUT2D eigenvalue weighted by molar-refractivity contribution is -0.133. The zero-order valence-corrected chi connectivity index (χ0v) is 15.6. The normalized spacial score (nSPS) is 24.7. The number of amides is 1. The maximum absolute atomic E-state index is 12.3. The number of hydrogen-bond donors (Lipinski definition) is 0. The minimum atomic E-state index is 0.0412. The summed E-state index contributed by atoms with van der Waals surface area (Å²) < 4.78 is 1.89. The van der Waals surface area contributed by atoms with Crippen molar-refractivity contribution in [1.29, 1.82) is 0 Å². The van der Waals surface area contributed by atoms with E-state index in [4.69, 9.17) is 10.1 Å².